The van der Waals surface area contributed by atoms with Crippen molar-refractivity contribution in [3.05, 3.63) is 35.9 Å². The predicted octanol–water partition coefficient (Wildman–Crippen LogP) is -3.98. The van der Waals surface area contributed by atoms with Crippen molar-refractivity contribution in [2.24, 2.45) is 23.1 Å². The van der Waals surface area contributed by atoms with E-state index < -0.39 is 138 Å². The lowest BCUT2D eigenvalue weighted by molar-refractivity contribution is -0.142. The van der Waals surface area contributed by atoms with Gasteiger partial charge in [0.05, 0.1) is 12.6 Å². The summed E-state index contributed by atoms with van der Waals surface area (Å²) >= 11 is 0. The molecule has 71 heavy (non-hydrogen) atoms. The van der Waals surface area contributed by atoms with Crippen LogP contribution in [-0.4, -0.2) is 160 Å². The standard InChI is InChI=1S/C46H74N12O13/c1-7-24(2)36(57-40(65)27(5)50-41(66)30(48)18-19-35(60)61)45(70)56-33(23-59)43(68)52-25(3)38(63)53-28(6)46(71)58-21-13-17-34(58)44(69)55-32(22-29-14-9-8-10-15-29)42(67)51-26(4)39(64)54-31(37(49)62)16-11-12-20-47/h8-10,14-15,24-28,30-34,36,59H,7,11-13,16-23,47-48H2,1-6H3,(H2,49,62)(H,50,66)(H,51,67)(H,52,68)(H,53,63)(H,54,64)(H,55,69)(H,56,70)(H,57,65)(H,60,61)/t24-,25-,26-,27-,28-,30-,31-,32-,33-,34-,36-/m0/s1. The summed E-state index contributed by atoms with van der Waals surface area (Å²) in [4.78, 5) is 144. The van der Waals surface area contributed by atoms with Crippen molar-refractivity contribution in [1.82, 2.24) is 47.4 Å². The topological polar surface area (TPSA) is 406 Å². The number of unbranched alkanes of at least 4 members (excludes halogenated alkanes) is 1. The number of likely N-dealkylation sites (tertiary alicyclic amines) is 1. The predicted molar refractivity (Wildman–Crippen MR) is 257 cm³/mol. The number of aliphatic hydroxyl groups is 1. The fourth-order valence-electron chi connectivity index (χ4n) is 7.34. The van der Waals surface area contributed by atoms with E-state index in [4.69, 9.17) is 22.3 Å². The molecule has 0 aliphatic carbocycles. The zero-order valence-electron chi connectivity index (χ0n) is 41.3. The highest BCUT2D eigenvalue weighted by Gasteiger charge is 2.39. The lowest BCUT2D eigenvalue weighted by atomic mass is 9.97. The van der Waals surface area contributed by atoms with E-state index in [0.717, 1.165) is 0 Å². The molecule has 1 heterocycles. The van der Waals surface area contributed by atoms with Crippen LogP contribution in [0.3, 0.4) is 0 Å². The zero-order valence-corrected chi connectivity index (χ0v) is 41.3. The highest BCUT2D eigenvalue weighted by atomic mass is 16.4. The summed E-state index contributed by atoms with van der Waals surface area (Å²) in [6, 6.07) is -3.46. The summed E-state index contributed by atoms with van der Waals surface area (Å²) in [5.41, 5.74) is 17.4. The second-order valence-corrected chi connectivity index (χ2v) is 17.8. The smallest absolute Gasteiger partial charge is 0.303 e. The molecule has 1 aromatic carbocycles. The number of hydrogen-bond acceptors (Lipinski definition) is 14. The van der Waals surface area contributed by atoms with Gasteiger partial charge in [0.25, 0.3) is 0 Å². The molecule has 25 nitrogen and oxygen atoms in total. The minimum Gasteiger partial charge on any atom is -0.481 e. The Labute approximate surface area is 413 Å². The van der Waals surface area contributed by atoms with Crippen molar-refractivity contribution in [2.75, 3.05) is 19.7 Å². The van der Waals surface area contributed by atoms with E-state index in [9.17, 15) is 57.8 Å². The third-order valence-corrected chi connectivity index (χ3v) is 12.0. The Balaban J connectivity index is 2.08. The molecule has 0 saturated carbocycles. The van der Waals surface area contributed by atoms with Crippen molar-refractivity contribution in [1.29, 1.82) is 0 Å². The van der Waals surface area contributed by atoms with Gasteiger partial charge in [0.2, 0.25) is 59.1 Å². The van der Waals surface area contributed by atoms with Gasteiger partial charge in [0.1, 0.15) is 54.4 Å². The van der Waals surface area contributed by atoms with Crippen molar-refractivity contribution in [3.63, 3.8) is 0 Å². The number of nitrogens with two attached hydrogens (primary N) is 3. The lowest BCUT2D eigenvalue weighted by Gasteiger charge is -2.29. The molecule has 1 saturated heterocycles. The number of carboxylic acids is 1. The van der Waals surface area contributed by atoms with Gasteiger partial charge < -0.3 is 74.8 Å². The minimum atomic E-state index is -1.60. The summed E-state index contributed by atoms with van der Waals surface area (Å²) in [5, 5.41) is 38.9. The number of carbonyl (C=O) groups excluding carboxylic acids is 10. The normalized spacial score (nSPS) is 17.4. The summed E-state index contributed by atoms with van der Waals surface area (Å²) in [5.74, 6) is -9.39. The van der Waals surface area contributed by atoms with E-state index in [1.807, 2.05) is 0 Å². The summed E-state index contributed by atoms with van der Waals surface area (Å²) in [6.07, 6.45) is 1.86. The molecule has 0 aromatic heterocycles. The van der Waals surface area contributed by atoms with E-state index in [-0.39, 0.29) is 38.6 Å². The minimum absolute atomic E-state index is 0.0122. The van der Waals surface area contributed by atoms with Crippen LogP contribution < -0.4 is 59.7 Å². The van der Waals surface area contributed by atoms with Gasteiger partial charge in [-0.3, -0.25) is 52.7 Å². The van der Waals surface area contributed by atoms with E-state index in [1.165, 1.54) is 32.6 Å². The maximum Gasteiger partial charge on any atom is 0.303 e. The third-order valence-electron chi connectivity index (χ3n) is 12.0. The van der Waals surface area contributed by atoms with Crippen LogP contribution in [0, 0.1) is 5.92 Å². The van der Waals surface area contributed by atoms with Crippen molar-refractivity contribution < 1.29 is 63.0 Å². The molecule has 1 aliphatic rings. The number of aliphatic carboxylic acids is 1. The number of amides is 10. The van der Waals surface area contributed by atoms with Crippen molar-refractivity contribution >= 4 is 65.0 Å². The molecule has 0 unspecified atom stereocenters. The quantitative estimate of drug-likeness (QED) is 0.0327. The monoisotopic (exact) mass is 1000 g/mol. The summed E-state index contributed by atoms with van der Waals surface area (Å²) in [7, 11) is 0. The molecule has 0 radical (unpaired) electrons. The Morgan fingerprint density at radius 3 is 1.75 bits per heavy atom. The first-order valence-electron chi connectivity index (χ1n) is 23.8. The van der Waals surface area contributed by atoms with Crippen molar-refractivity contribution in [3.8, 4) is 0 Å². The second-order valence-electron chi connectivity index (χ2n) is 17.8. The molecule has 1 aromatic rings. The van der Waals surface area contributed by atoms with Crippen molar-refractivity contribution in [2.45, 2.75) is 160 Å². The Bertz CT molecular complexity index is 2030. The SMILES string of the molecule is CC[C@H](C)[C@H](NC(=O)[C@H](C)NC(=O)[C@@H](N)CCC(=O)O)C(=O)N[C@@H](CO)C(=O)N[C@@H](C)C(=O)N[C@@H](C)C(=O)N1CCC[C@H]1C(=O)N[C@@H](Cc1ccccc1)C(=O)N[C@@H](C)C(=O)N[C@@H](CCCCN)C(N)=O. The fourth-order valence-corrected chi connectivity index (χ4v) is 7.34. The van der Waals surface area contributed by atoms with E-state index in [0.29, 0.717) is 37.8 Å². The molecule has 1 aliphatic heterocycles. The Morgan fingerprint density at radius 2 is 1.20 bits per heavy atom. The Kier molecular flexibility index (Phi) is 25.6. The maximum atomic E-state index is 13.9. The van der Waals surface area contributed by atoms with E-state index in [1.54, 1.807) is 44.2 Å². The zero-order chi connectivity index (χ0) is 53.5. The van der Waals surface area contributed by atoms with Crippen LogP contribution in [0.4, 0.5) is 0 Å². The van der Waals surface area contributed by atoms with Crippen LogP contribution in [-0.2, 0) is 59.2 Å². The largest absolute Gasteiger partial charge is 0.481 e. The first kappa shape index (κ1) is 60.4. The first-order chi connectivity index (χ1) is 33.4. The van der Waals surface area contributed by atoms with Gasteiger partial charge in [-0.25, -0.2) is 0 Å². The molecule has 10 amide bonds. The van der Waals surface area contributed by atoms with Crippen LogP contribution >= 0.6 is 0 Å². The molecular weight excluding hydrogens is 929 g/mol. The average Bonchev–Trinajstić information content (AvgIpc) is 3.83. The number of carboxylic acid groups (broad SMARTS) is 1. The number of aliphatic hydroxyl groups excluding tert-OH is 1. The highest BCUT2D eigenvalue weighted by Crippen LogP contribution is 2.20. The molecule has 0 spiro atoms. The summed E-state index contributed by atoms with van der Waals surface area (Å²) < 4.78 is 0. The number of nitrogens with zero attached hydrogens (tertiary/aromatic N) is 1. The summed E-state index contributed by atoms with van der Waals surface area (Å²) in [6.45, 7) is 8.38. The van der Waals surface area contributed by atoms with Crippen LogP contribution in [0.15, 0.2) is 30.3 Å². The Hall–Kier alpha value is -6.73. The fraction of sp³-hybridized carbons (Fsp3) is 0.630. The van der Waals surface area contributed by atoms with Gasteiger partial charge in [0, 0.05) is 19.4 Å². The van der Waals surface area contributed by atoms with Gasteiger partial charge in [-0.1, -0.05) is 50.6 Å². The van der Waals surface area contributed by atoms with E-state index in [2.05, 4.69) is 42.5 Å². The third kappa shape index (κ3) is 19.9. The molecule has 396 valence electrons. The molecule has 11 atom stereocenters. The molecule has 1 fully saturated rings. The molecule has 0 bridgehead atoms. The highest BCUT2D eigenvalue weighted by molar-refractivity contribution is 5.98. The van der Waals surface area contributed by atoms with Crippen LogP contribution in [0.1, 0.15) is 98.5 Å². The van der Waals surface area contributed by atoms with Crippen LogP contribution in [0.2, 0.25) is 0 Å². The maximum absolute atomic E-state index is 13.9. The number of benzene rings is 1. The molecular formula is C46H74N12O13. The lowest BCUT2D eigenvalue weighted by Crippen LogP contribution is -2.61. The molecule has 16 N–H and O–H groups in total. The van der Waals surface area contributed by atoms with Gasteiger partial charge in [-0.05, 0) is 84.2 Å². The van der Waals surface area contributed by atoms with Gasteiger partial charge in [0.15, 0.2) is 0 Å². The first-order valence-corrected chi connectivity index (χ1v) is 23.8. The number of hydrogen-bond donors (Lipinski definition) is 13. The van der Waals surface area contributed by atoms with Crippen LogP contribution in [0.25, 0.3) is 0 Å². The van der Waals surface area contributed by atoms with Crippen LogP contribution in [0.5, 0.6) is 0 Å². The molecule has 25 heteroatoms. The average molecular weight is 1000 g/mol. The van der Waals surface area contributed by atoms with Gasteiger partial charge >= 0.3 is 5.97 Å². The number of primary amides is 1. The molecule has 2 rings (SSSR count). The van der Waals surface area contributed by atoms with Gasteiger partial charge in [-0.2, -0.15) is 0 Å². The number of nitrogens with one attached hydrogen (secondary N) is 8. The Morgan fingerprint density at radius 1 is 0.662 bits per heavy atom. The second kappa shape index (κ2) is 30.1. The van der Waals surface area contributed by atoms with E-state index >= 15 is 0 Å². The number of rotatable bonds is 30. The number of carbonyl (C=O) groups is 11. The van der Waals surface area contributed by atoms with Gasteiger partial charge in [-0.15, -0.1) is 0 Å².